The fourth-order valence-corrected chi connectivity index (χ4v) is 1.51. The third kappa shape index (κ3) is 1.48. The van der Waals surface area contributed by atoms with Crippen molar-refractivity contribution in [1.82, 2.24) is 10.2 Å². The summed E-state index contributed by atoms with van der Waals surface area (Å²) in [5.41, 5.74) is 3.41. The summed E-state index contributed by atoms with van der Waals surface area (Å²) in [4.78, 5) is 0. The van der Waals surface area contributed by atoms with Gasteiger partial charge in [-0.2, -0.15) is 5.10 Å². The van der Waals surface area contributed by atoms with Crippen LogP contribution in [0.2, 0.25) is 0 Å². The summed E-state index contributed by atoms with van der Waals surface area (Å²) in [6, 6.07) is 4.16. The summed E-state index contributed by atoms with van der Waals surface area (Å²) in [5, 5.41) is 8.09. The number of nitrogens with one attached hydrogen (secondary N) is 1. The topological polar surface area (TPSA) is 37.9 Å². The van der Waals surface area contributed by atoms with Gasteiger partial charge < -0.3 is 4.74 Å². The lowest BCUT2D eigenvalue weighted by molar-refractivity contribution is 0.341. The number of ether oxygens (including phenoxy) is 1. The number of rotatable bonds is 2. The number of hydrogen-bond acceptors (Lipinski definition) is 2. The summed E-state index contributed by atoms with van der Waals surface area (Å²) in [5.74, 6) is 0. The Bertz CT molecular complexity index is 471. The summed E-state index contributed by atoms with van der Waals surface area (Å²) >= 11 is 0. The average Bonchev–Trinajstić information content (AvgIpc) is 2.63. The predicted octanol–water partition coefficient (Wildman–Crippen LogP) is 2.49. The molecule has 72 valence electrons. The van der Waals surface area contributed by atoms with Crippen LogP contribution in [-0.2, 0) is 4.74 Å². The van der Waals surface area contributed by atoms with Crippen molar-refractivity contribution >= 4 is 17.0 Å². The van der Waals surface area contributed by atoms with Crippen molar-refractivity contribution in [2.75, 3.05) is 7.11 Å². The summed E-state index contributed by atoms with van der Waals surface area (Å²) in [7, 11) is 1.64. The first kappa shape index (κ1) is 8.81. The molecule has 1 aromatic carbocycles. The van der Waals surface area contributed by atoms with Crippen molar-refractivity contribution in [3.8, 4) is 0 Å². The molecule has 0 aliphatic rings. The van der Waals surface area contributed by atoms with Crippen molar-refractivity contribution in [3.63, 3.8) is 0 Å². The van der Waals surface area contributed by atoms with E-state index in [1.54, 1.807) is 13.4 Å². The van der Waals surface area contributed by atoms with Crippen LogP contribution < -0.4 is 0 Å². The van der Waals surface area contributed by atoms with Crippen LogP contribution in [0.15, 0.2) is 24.6 Å². The molecule has 3 heteroatoms. The highest BCUT2D eigenvalue weighted by molar-refractivity contribution is 5.83. The number of methoxy groups -OCH3 is 1. The maximum Gasteiger partial charge on any atom is 0.0830 e. The molecule has 0 saturated heterocycles. The second-order valence-electron chi connectivity index (χ2n) is 3.21. The first-order chi connectivity index (χ1) is 6.81. The molecule has 14 heavy (non-hydrogen) atoms. The van der Waals surface area contributed by atoms with Crippen molar-refractivity contribution in [2.24, 2.45) is 0 Å². The van der Waals surface area contributed by atoms with E-state index in [0.29, 0.717) is 0 Å². The molecule has 3 nitrogen and oxygen atoms in total. The first-order valence-corrected chi connectivity index (χ1v) is 4.44. The standard InChI is InChI=1S/C11H12N2O/c1-8-5-9(3-4-14-2)6-10-7-12-13-11(8)10/h3-7H,1-2H3,(H,12,13)/b4-3+. The molecule has 0 radical (unpaired) electrons. The van der Waals surface area contributed by atoms with Gasteiger partial charge >= 0.3 is 0 Å². The van der Waals surface area contributed by atoms with E-state index in [0.717, 1.165) is 16.5 Å². The molecule has 2 rings (SSSR count). The van der Waals surface area contributed by atoms with E-state index in [2.05, 4.69) is 29.3 Å². The van der Waals surface area contributed by atoms with Gasteiger partial charge in [0.05, 0.1) is 25.1 Å². The average molecular weight is 188 g/mol. The minimum absolute atomic E-state index is 1.10. The number of benzene rings is 1. The zero-order valence-corrected chi connectivity index (χ0v) is 8.24. The van der Waals surface area contributed by atoms with E-state index in [4.69, 9.17) is 4.74 Å². The molecule has 0 amide bonds. The van der Waals surface area contributed by atoms with Crippen LogP contribution in [0.5, 0.6) is 0 Å². The highest BCUT2D eigenvalue weighted by Crippen LogP contribution is 2.18. The molecular weight excluding hydrogens is 176 g/mol. The van der Waals surface area contributed by atoms with Crippen LogP contribution in [-0.4, -0.2) is 17.3 Å². The highest BCUT2D eigenvalue weighted by atomic mass is 16.5. The molecule has 0 aliphatic heterocycles. The Morgan fingerprint density at radius 2 is 2.29 bits per heavy atom. The van der Waals surface area contributed by atoms with E-state index in [-0.39, 0.29) is 0 Å². The quantitative estimate of drug-likeness (QED) is 0.735. The fraction of sp³-hybridized carbons (Fsp3) is 0.182. The van der Waals surface area contributed by atoms with Gasteiger partial charge in [0.15, 0.2) is 0 Å². The van der Waals surface area contributed by atoms with Gasteiger partial charge in [-0.25, -0.2) is 0 Å². The summed E-state index contributed by atoms with van der Waals surface area (Å²) in [6.07, 6.45) is 5.42. The number of aromatic nitrogens is 2. The lowest BCUT2D eigenvalue weighted by Gasteiger charge is -1.98. The molecular formula is C11H12N2O. The molecule has 1 N–H and O–H groups in total. The lowest BCUT2D eigenvalue weighted by atomic mass is 10.1. The molecule has 1 heterocycles. The highest BCUT2D eigenvalue weighted by Gasteiger charge is 2.00. The second-order valence-corrected chi connectivity index (χ2v) is 3.21. The molecule has 0 bridgehead atoms. The van der Waals surface area contributed by atoms with Gasteiger partial charge in [0.1, 0.15) is 0 Å². The smallest absolute Gasteiger partial charge is 0.0830 e. The molecule has 0 aliphatic carbocycles. The summed E-state index contributed by atoms with van der Waals surface area (Å²) in [6.45, 7) is 2.06. The van der Waals surface area contributed by atoms with Gasteiger partial charge in [0.2, 0.25) is 0 Å². The number of aryl methyl sites for hydroxylation is 1. The van der Waals surface area contributed by atoms with E-state index in [1.165, 1.54) is 5.56 Å². The monoisotopic (exact) mass is 188 g/mol. The van der Waals surface area contributed by atoms with E-state index in [1.807, 2.05) is 12.3 Å². The van der Waals surface area contributed by atoms with Gasteiger partial charge in [0, 0.05) is 5.39 Å². The van der Waals surface area contributed by atoms with Crippen LogP contribution in [0.1, 0.15) is 11.1 Å². The van der Waals surface area contributed by atoms with Gasteiger partial charge in [0.25, 0.3) is 0 Å². The van der Waals surface area contributed by atoms with Crippen molar-refractivity contribution in [1.29, 1.82) is 0 Å². The van der Waals surface area contributed by atoms with Gasteiger partial charge in [-0.15, -0.1) is 0 Å². The molecule has 0 unspecified atom stereocenters. The van der Waals surface area contributed by atoms with Gasteiger partial charge in [-0.3, -0.25) is 5.10 Å². The van der Waals surface area contributed by atoms with Crippen LogP contribution in [0.4, 0.5) is 0 Å². The molecule has 0 saturated carbocycles. The summed E-state index contributed by atoms with van der Waals surface area (Å²) < 4.78 is 4.88. The number of fused-ring (bicyclic) bond motifs is 1. The largest absolute Gasteiger partial charge is 0.504 e. The lowest BCUT2D eigenvalue weighted by Crippen LogP contribution is -1.80. The second kappa shape index (κ2) is 3.54. The van der Waals surface area contributed by atoms with Crippen LogP contribution in [0, 0.1) is 6.92 Å². The fourth-order valence-electron chi connectivity index (χ4n) is 1.51. The van der Waals surface area contributed by atoms with Gasteiger partial charge in [-0.1, -0.05) is 0 Å². The van der Waals surface area contributed by atoms with Crippen molar-refractivity contribution in [2.45, 2.75) is 6.92 Å². The minimum atomic E-state index is 1.10. The Hall–Kier alpha value is -1.77. The number of H-pyrrole nitrogens is 1. The molecule has 2 aromatic rings. The zero-order valence-electron chi connectivity index (χ0n) is 8.24. The predicted molar refractivity (Wildman–Crippen MR) is 56.9 cm³/mol. The normalized spacial score (nSPS) is 11.3. The molecule has 1 aromatic heterocycles. The Morgan fingerprint density at radius 1 is 1.43 bits per heavy atom. The Morgan fingerprint density at radius 3 is 3.07 bits per heavy atom. The van der Waals surface area contributed by atoms with Crippen LogP contribution in [0.25, 0.3) is 17.0 Å². The van der Waals surface area contributed by atoms with Crippen molar-refractivity contribution in [3.05, 3.63) is 35.7 Å². The zero-order chi connectivity index (χ0) is 9.97. The molecule has 0 atom stereocenters. The van der Waals surface area contributed by atoms with E-state index < -0.39 is 0 Å². The molecule has 0 spiro atoms. The number of aromatic amines is 1. The first-order valence-electron chi connectivity index (χ1n) is 4.44. The third-order valence-electron chi connectivity index (χ3n) is 2.16. The van der Waals surface area contributed by atoms with E-state index >= 15 is 0 Å². The Balaban J connectivity index is 2.53. The van der Waals surface area contributed by atoms with E-state index in [9.17, 15) is 0 Å². The third-order valence-corrected chi connectivity index (χ3v) is 2.16. The Labute approximate surface area is 82.4 Å². The van der Waals surface area contributed by atoms with Crippen molar-refractivity contribution < 1.29 is 4.74 Å². The maximum atomic E-state index is 4.88. The van der Waals surface area contributed by atoms with Gasteiger partial charge in [-0.05, 0) is 36.3 Å². The SMILES string of the molecule is CO/C=C/c1cc(C)c2[nH]ncc2c1. The number of nitrogens with zero attached hydrogens (tertiary/aromatic N) is 1. The van der Waals surface area contributed by atoms with Crippen LogP contribution >= 0.6 is 0 Å². The minimum Gasteiger partial charge on any atom is -0.504 e. The Kier molecular flexibility index (Phi) is 2.23. The number of hydrogen-bond donors (Lipinski definition) is 1. The molecule has 0 fully saturated rings. The van der Waals surface area contributed by atoms with Crippen LogP contribution in [0.3, 0.4) is 0 Å². The maximum absolute atomic E-state index is 4.88.